The number of sulfone groups is 1. The second-order valence-electron chi connectivity index (χ2n) is 6.66. The van der Waals surface area contributed by atoms with Crippen LogP contribution >= 0.6 is 0 Å². The van der Waals surface area contributed by atoms with E-state index in [9.17, 15) is 8.42 Å². The van der Waals surface area contributed by atoms with Crippen LogP contribution in [-0.2, 0) is 9.84 Å². The van der Waals surface area contributed by atoms with Crippen molar-refractivity contribution in [1.82, 2.24) is 0 Å². The zero-order valence-corrected chi connectivity index (χ0v) is 13.9. The molecule has 0 saturated heterocycles. The Bertz CT molecular complexity index is 543. The van der Waals surface area contributed by atoms with Gasteiger partial charge in [-0.15, -0.1) is 0 Å². The fourth-order valence-electron chi connectivity index (χ4n) is 3.10. The molecule has 1 saturated carbocycles. The van der Waals surface area contributed by atoms with E-state index >= 15 is 0 Å². The fourth-order valence-corrected chi connectivity index (χ4v) is 5.03. The second-order valence-corrected chi connectivity index (χ2v) is 8.81. The van der Waals surface area contributed by atoms with Crippen LogP contribution < -0.4 is 5.73 Å². The average Bonchev–Trinajstić information content (AvgIpc) is 2.90. The van der Waals surface area contributed by atoms with E-state index in [4.69, 9.17) is 5.73 Å². The van der Waals surface area contributed by atoms with Gasteiger partial charge in [0.15, 0.2) is 9.84 Å². The molecule has 0 aromatic heterocycles. The van der Waals surface area contributed by atoms with Crippen molar-refractivity contribution in [2.75, 3.05) is 11.5 Å². The van der Waals surface area contributed by atoms with Crippen LogP contribution in [0, 0.1) is 5.92 Å². The highest BCUT2D eigenvalue weighted by atomic mass is 32.2. The summed E-state index contributed by atoms with van der Waals surface area (Å²) in [6.07, 6.45) is 4.45. The van der Waals surface area contributed by atoms with Crippen molar-refractivity contribution in [3.05, 3.63) is 35.4 Å². The van der Waals surface area contributed by atoms with E-state index in [-0.39, 0.29) is 5.75 Å². The second kappa shape index (κ2) is 6.93. The predicted molar refractivity (Wildman–Crippen MR) is 88.1 cm³/mol. The first-order valence-corrected chi connectivity index (χ1v) is 9.75. The van der Waals surface area contributed by atoms with Gasteiger partial charge in [-0.1, -0.05) is 51.0 Å². The average molecular weight is 309 g/mol. The van der Waals surface area contributed by atoms with Gasteiger partial charge >= 0.3 is 0 Å². The monoisotopic (exact) mass is 309 g/mol. The van der Waals surface area contributed by atoms with Gasteiger partial charge in [0.25, 0.3) is 0 Å². The van der Waals surface area contributed by atoms with Crippen LogP contribution in [0.15, 0.2) is 24.3 Å². The van der Waals surface area contributed by atoms with Gasteiger partial charge in [-0.3, -0.25) is 0 Å². The third-order valence-electron chi connectivity index (χ3n) is 4.43. The standard InChI is InChI=1S/C17H27NO2S/c1-13(2)15-7-9-16(10-8-15)17(18)12-21(19,20)11-14-5-3-4-6-14/h7-10,13-14,17H,3-6,11-12,18H2,1-2H3. The summed E-state index contributed by atoms with van der Waals surface area (Å²) in [5.74, 6) is 1.20. The van der Waals surface area contributed by atoms with Gasteiger partial charge in [0.2, 0.25) is 0 Å². The molecule has 0 bridgehead atoms. The van der Waals surface area contributed by atoms with Crippen LogP contribution in [0.1, 0.15) is 62.6 Å². The van der Waals surface area contributed by atoms with Crippen LogP contribution in [0.4, 0.5) is 0 Å². The Morgan fingerprint density at radius 3 is 2.14 bits per heavy atom. The molecule has 1 fully saturated rings. The summed E-state index contributed by atoms with van der Waals surface area (Å²) in [7, 11) is -3.06. The quantitative estimate of drug-likeness (QED) is 0.876. The lowest BCUT2D eigenvalue weighted by Crippen LogP contribution is -2.26. The first kappa shape index (κ1) is 16.5. The van der Waals surface area contributed by atoms with E-state index in [2.05, 4.69) is 13.8 Å². The number of hydrogen-bond donors (Lipinski definition) is 1. The van der Waals surface area contributed by atoms with Crippen molar-refractivity contribution in [2.24, 2.45) is 11.7 Å². The normalized spacial score (nSPS) is 18.3. The summed E-state index contributed by atoms with van der Waals surface area (Å²) in [6.45, 7) is 4.28. The number of rotatable bonds is 6. The molecular formula is C17H27NO2S. The van der Waals surface area contributed by atoms with Crippen molar-refractivity contribution in [2.45, 2.75) is 51.5 Å². The zero-order chi connectivity index (χ0) is 15.5. The Morgan fingerprint density at radius 2 is 1.62 bits per heavy atom. The SMILES string of the molecule is CC(C)c1ccc(C(N)CS(=O)(=O)CC2CCCC2)cc1. The molecule has 1 aromatic carbocycles. The molecule has 0 amide bonds. The van der Waals surface area contributed by atoms with E-state index in [1.165, 1.54) is 18.4 Å². The molecule has 3 nitrogen and oxygen atoms in total. The summed E-state index contributed by atoms with van der Waals surface area (Å²) in [5, 5.41) is 0. The highest BCUT2D eigenvalue weighted by Gasteiger charge is 2.24. The Hall–Kier alpha value is -0.870. The smallest absolute Gasteiger partial charge is 0.152 e. The van der Waals surface area contributed by atoms with Crippen LogP contribution in [0.25, 0.3) is 0 Å². The third kappa shape index (κ3) is 4.82. The first-order chi connectivity index (χ1) is 9.87. The molecule has 2 N–H and O–H groups in total. The summed E-state index contributed by atoms with van der Waals surface area (Å²) < 4.78 is 24.5. The lowest BCUT2D eigenvalue weighted by molar-refractivity contribution is 0.554. The van der Waals surface area contributed by atoms with Crippen molar-refractivity contribution < 1.29 is 8.42 Å². The van der Waals surface area contributed by atoms with Gasteiger partial charge in [0.1, 0.15) is 0 Å². The van der Waals surface area contributed by atoms with Crippen molar-refractivity contribution in [1.29, 1.82) is 0 Å². The Labute approximate surface area is 128 Å². The lowest BCUT2D eigenvalue weighted by atomic mass is 10.00. The summed E-state index contributed by atoms with van der Waals surface area (Å²) >= 11 is 0. The minimum Gasteiger partial charge on any atom is -0.323 e. The van der Waals surface area contributed by atoms with Gasteiger partial charge in [-0.25, -0.2) is 8.42 Å². The van der Waals surface area contributed by atoms with Gasteiger partial charge in [-0.05, 0) is 35.8 Å². The molecule has 0 spiro atoms. The van der Waals surface area contributed by atoms with Crippen molar-refractivity contribution >= 4 is 9.84 Å². The van der Waals surface area contributed by atoms with Crippen molar-refractivity contribution in [3.8, 4) is 0 Å². The third-order valence-corrected chi connectivity index (χ3v) is 6.28. The van der Waals surface area contributed by atoms with Gasteiger partial charge in [-0.2, -0.15) is 0 Å². The molecule has 21 heavy (non-hydrogen) atoms. The van der Waals surface area contributed by atoms with E-state index < -0.39 is 15.9 Å². The molecule has 0 aliphatic heterocycles. The predicted octanol–water partition coefficient (Wildman–Crippen LogP) is 3.41. The number of nitrogens with two attached hydrogens (primary N) is 1. The molecule has 2 rings (SSSR count). The highest BCUT2D eigenvalue weighted by molar-refractivity contribution is 7.91. The van der Waals surface area contributed by atoms with Gasteiger partial charge < -0.3 is 5.73 Å². The first-order valence-electron chi connectivity index (χ1n) is 7.93. The summed E-state index contributed by atoms with van der Waals surface area (Å²) in [4.78, 5) is 0. The lowest BCUT2D eigenvalue weighted by Gasteiger charge is -2.16. The van der Waals surface area contributed by atoms with Gasteiger partial charge in [0, 0.05) is 6.04 Å². The molecule has 1 unspecified atom stereocenters. The fraction of sp³-hybridized carbons (Fsp3) is 0.647. The van der Waals surface area contributed by atoms with Crippen LogP contribution in [-0.4, -0.2) is 19.9 Å². The topological polar surface area (TPSA) is 60.2 Å². The molecule has 1 aliphatic carbocycles. The molecular weight excluding hydrogens is 282 g/mol. The van der Waals surface area contributed by atoms with E-state index in [0.29, 0.717) is 17.6 Å². The minimum absolute atomic E-state index is 0.0600. The zero-order valence-electron chi connectivity index (χ0n) is 13.1. The van der Waals surface area contributed by atoms with Crippen LogP contribution in [0.2, 0.25) is 0 Å². The molecule has 118 valence electrons. The largest absolute Gasteiger partial charge is 0.323 e. The molecule has 1 aliphatic rings. The molecule has 0 heterocycles. The highest BCUT2D eigenvalue weighted by Crippen LogP contribution is 2.27. The molecule has 1 aromatic rings. The Morgan fingerprint density at radius 1 is 1.10 bits per heavy atom. The Balaban J connectivity index is 1.97. The molecule has 1 atom stereocenters. The summed E-state index contributed by atoms with van der Waals surface area (Å²) in [6, 6.07) is 7.60. The maximum Gasteiger partial charge on any atom is 0.152 e. The minimum atomic E-state index is -3.06. The van der Waals surface area contributed by atoms with Crippen LogP contribution in [0.5, 0.6) is 0 Å². The number of hydrogen-bond acceptors (Lipinski definition) is 3. The summed E-state index contributed by atoms with van der Waals surface area (Å²) in [5.41, 5.74) is 8.26. The van der Waals surface area contributed by atoms with Gasteiger partial charge in [0.05, 0.1) is 11.5 Å². The Kier molecular flexibility index (Phi) is 5.44. The maximum atomic E-state index is 12.3. The van der Waals surface area contributed by atoms with E-state index in [1.54, 1.807) is 0 Å². The maximum absolute atomic E-state index is 12.3. The number of benzene rings is 1. The van der Waals surface area contributed by atoms with E-state index in [1.807, 2.05) is 24.3 Å². The molecule has 4 heteroatoms. The van der Waals surface area contributed by atoms with Crippen molar-refractivity contribution in [3.63, 3.8) is 0 Å². The molecule has 0 radical (unpaired) electrons. The van der Waals surface area contributed by atoms with Crippen LogP contribution in [0.3, 0.4) is 0 Å². The van der Waals surface area contributed by atoms with E-state index in [0.717, 1.165) is 18.4 Å².